The van der Waals surface area contributed by atoms with Gasteiger partial charge < -0.3 is 99.2 Å². The molecule has 11 atom stereocenters. The van der Waals surface area contributed by atoms with E-state index in [1.165, 1.54) is 89.6 Å². The van der Waals surface area contributed by atoms with Crippen molar-refractivity contribution >= 4 is 117 Å². The number of benzene rings is 5. The van der Waals surface area contributed by atoms with Crippen LogP contribution in [0.3, 0.4) is 0 Å². The molecule has 0 unspecified atom stereocenters. The number of thioether (sulfide) groups is 1. The lowest BCUT2D eigenvalue weighted by atomic mass is 9.99. The number of aromatic amines is 1. The fourth-order valence-corrected chi connectivity index (χ4v) is 15.1. The van der Waals surface area contributed by atoms with Crippen molar-refractivity contribution in [1.29, 1.82) is 0 Å². The molecule has 0 bridgehead atoms. The highest BCUT2D eigenvalue weighted by molar-refractivity contribution is 8.00. The fraction of sp³-hybridized carbons (Fsp3) is 0.413. The summed E-state index contributed by atoms with van der Waals surface area (Å²) in [4.78, 5) is 239. The van der Waals surface area contributed by atoms with Crippen LogP contribution >= 0.6 is 11.8 Å². The average Bonchev–Trinajstić information content (AvgIpc) is 1.78. The van der Waals surface area contributed by atoms with Crippen molar-refractivity contribution in [1.82, 2.24) is 78.2 Å². The summed E-state index contributed by atoms with van der Waals surface area (Å²) in [5.41, 5.74) is 8.89. The number of likely N-dealkylation sites (N-methyl/N-ethyl adjacent to an activating group) is 3. The highest BCUT2D eigenvalue weighted by atomic mass is 32.2. The first-order valence-corrected chi connectivity index (χ1v) is 43.4. The molecule has 7 rings (SSSR count). The van der Waals surface area contributed by atoms with Crippen molar-refractivity contribution in [3.05, 3.63) is 204 Å². The van der Waals surface area contributed by atoms with Crippen LogP contribution in [0.2, 0.25) is 0 Å². The number of aromatic hydroxyl groups is 2. The van der Waals surface area contributed by atoms with Gasteiger partial charge in [0.25, 0.3) is 0 Å². The number of amides is 15. The minimum absolute atomic E-state index is 0.0215. The molecule has 0 spiro atoms. The molecule has 35 nitrogen and oxygen atoms in total. The monoisotopic (exact) mass is 1780 g/mol. The molecule has 36 heteroatoms. The second-order valence-corrected chi connectivity index (χ2v) is 33.3. The third kappa shape index (κ3) is 32.4. The number of carbonyl (C=O) groups excluding carboxylic acids is 15. The summed E-state index contributed by atoms with van der Waals surface area (Å²) in [5.74, 6) is -17.9. The molecule has 0 saturated carbocycles. The molecule has 686 valence electrons. The van der Waals surface area contributed by atoms with Gasteiger partial charge in [-0.1, -0.05) is 181 Å². The largest absolute Gasteiger partial charge is 0.508 e. The number of H-pyrrole nitrogens is 1. The van der Waals surface area contributed by atoms with E-state index in [0.717, 1.165) is 26.5 Å². The van der Waals surface area contributed by atoms with Gasteiger partial charge in [0.15, 0.2) is 0 Å². The maximum Gasteiger partial charge on any atom is 0.305 e. The molecule has 17 N–H and O–H groups in total. The van der Waals surface area contributed by atoms with Crippen molar-refractivity contribution in [3.63, 3.8) is 0 Å². The van der Waals surface area contributed by atoms with E-state index in [1.54, 1.807) is 130 Å². The van der Waals surface area contributed by atoms with Gasteiger partial charge in [-0.15, -0.1) is 11.8 Å². The number of carbonyl (C=O) groups is 16. The average molecular weight is 1780 g/mol. The second-order valence-electron chi connectivity index (χ2n) is 32.2. The van der Waals surface area contributed by atoms with E-state index in [1.807, 2.05) is 6.92 Å². The molecule has 2 heterocycles. The summed E-state index contributed by atoms with van der Waals surface area (Å²) in [7, 11) is 3.83. The van der Waals surface area contributed by atoms with Crippen molar-refractivity contribution in [3.8, 4) is 11.5 Å². The number of nitrogens with zero attached hydrogens (tertiary/aromatic N) is 3. The van der Waals surface area contributed by atoms with E-state index in [4.69, 9.17) is 5.73 Å². The van der Waals surface area contributed by atoms with Crippen molar-refractivity contribution in [2.24, 2.45) is 17.6 Å². The number of phenolic OH excluding ortho intramolecular Hbond substituents is 2. The minimum atomic E-state index is -1.92. The number of para-hydroxylation sites is 1. The van der Waals surface area contributed by atoms with Crippen LogP contribution in [0.1, 0.15) is 108 Å². The van der Waals surface area contributed by atoms with E-state index in [0.29, 0.717) is 57.1 Å². The SMILES string of the molecule is C=C/C(=C\C=C/C)C[C@@H]1NC(=O)[C@H](C(C)C)NC(=O)[C@H](CC(=O)O)NC(=O)CN(C)C(=O)[C@H](CCCC)N(C)C(=O)[C@H](Cc2ccccc2)NC(=O)[C@H](Cc2ccccc2)NC(=O)CSC[C@@H](C(=O)NCC(N)=O)NC(=O)[C@H](CC(C)C)NC(=O)[C@H](Cc2ccc(O)cc2)NC(=O)[C@H](Cc2c[nH]c3ccccc23)NC(=O)CN(C)C(=O)[C@H](Cc2ccc(O)cc2)NC1=O. The first-order chi connectivity index (χ1) is 60.9. The first-order valence-electron chi connectivity index (χ1n) is 42.2. The van der Waals surface area contributed by atoms with E-state index in [2.05, 4.69) is 70.0 Å². The van der Waals surface area contributed by atoms with Crippen molar-refractivity contribution < 1.29 is 92.0 Å². The van der Waals surface area contributed by atoms with E-state index >= 15 is 28.8 Å². The number of rotatable bonds is 25. The molecular formula is C92H118N16O19S. The lowest BCUT2D eigenvalue weighted by Crippen LogP contribution is -2.60. The van der Waals surface area contributed by atoms with Crippen LogP contribution in [-0.4, -0.2) is 248 Å². The summed E-state index contributed by atoms with van der Waals surface area (Å²) < 4.78 is 0. The van der Waals surface area contributed by atoms with Gasteiger partial charge >= 0.3 is 5.97 Å². The number of allylic oxidation sites excluding steroid dienone is 4. The van der Waals surface area contributed by atoms with Gasteiger partial charge in [-0.3, -0.25) is 76.7 Å². The lowest BCUT2D eigenvalue weighted by molar-refractivity contribution is -0.147. The van der Waals surface area contributed by atoms with Crippen LogP contribution in [0.4, 0.5) is 0 Å². The number of nitrogens with one attached hydrogen (secondary N) is 12. The number of primary amides is 1. The Hall–Kier alpha value is -13.7. The predicted molar refractivity (Wildman–Crippen MR) is 480 cm³/mol. The number of carboxylic acids is 1. The summed E-state index contributed by atoms with van der Waals surface area (Å²) >= 11 is 0.819. The van der Waals surface area contributed by atoms with Gasteiger partial charge in [-0.05, 0) is 95.3 Å². The summed E-state index contributed by atoms with van der Waals surface area (Å²) in [6.45, 7) is 11.7. The van der Waals surface area contributed by atoms with E-state index in [-0.39, 0.29) is 68.8 Å². The lowest BCUT2D eigenvalue weighted by Gasteiger charge is -2.34. The number of hydrogen-bond donors (Lipinski definition) is 16. The zero-order chi connectivity index (χ0) is 93.8. The molecule has 128 heavy (non-hydrogen) atoms. The quantitative estimate of drug-likeness (QED) is 0.0366. The number of phenols is 2. The molecule has 15 amide bonds. The van der Waals surface area contributed by atoms with Crippen molar-refractivity contribution in [2.45, 2.75) is 179 Å². The van der Waals surface area contributed by atoms with Crippen molar-refractivity contribution in [2.75, 3.05) is 52.3 Å². The number of unbranched alkanes of at least 4 members (excludes halogenated alkanes) is 1. The molecule has 1 aliphatic rings. The van der Waals surface area contributed by atoms with Gasteiger partial charge in [0.2, 0.25) is 88.6 Å². The molecular weight excluding hydrogens is 1670 g/mol. The number of fused-ring (bicyclic) bond motifs is 1. The number of aliphatic carboxylic acids is 1. The first kappa shape index (κ1) is 101. The standard InChI is InChI=1S/C92H118N16O19S/c1-11-14-24-56(13-3)41-68-86(121)102-72(45-60-34-38-63(110)39-35-60)90(125)106(8)50-77(112)96-70(46-61-48-94-65-30-23-22-29-64(61)65)87(122)100-69(43-59-32-36-62(109)37-33-59)85(120)99-66(40-54(4)5)83(118)104-74(82(117)95-49-76(93)111)52-128-53-79(114)98-67(42-57-25-18-16-19-26-57)84(119)103-73(44-58-27-20-17-21-28-58)91(126)108(10)75(31-15-12-2)92(127)107(9)51-78(113)97-71(47-80(115)116)88(123)105-81(55(6)7)89(124)101-68/h11,13-14,16-30,32-39,48,54-55,66-75,81,94,109-110H,3,12,15,31,40-47,49-53H2,1-2,4-10H3,(H2,93,111)(H,95,117)(H,96,112)(H,97,113)(H,98,114)(H,99,120)(H,100,122)(H,101,124)(H,102,121)(H,103,119)(H,104,118)(H,105,123)(H,115,116)/b14-11-,56-24+/t66-,67-,68-,69-,70-,71-,72-,73-,74-,75-,81-/m0/s1. The zero-order valence-corrected chi connectivity index (χ0v) is 74.1. The summed E-state index contributed by atoms with van der Waals surface area (Å²) in [5, 5.41) is 60.7. The molecule has 1 fully saturated rings. The fourth-order valence-electron chi connectivity index (χ4n) is 14.2. The second kappa shape index (κ2) is 50.5. The molecule has 5 aromatic carbocycles. The Morgan fingerprint density at radius 1 is 0.531 bits per heavy atom. The van der Waals surface area contributed by atoms with Crippen LogP contribution in [0.5, 0.6) is 11.5 Å². The Bertz CT molecular complexity index is 4950. The Morgan fingerprint density at radius 3 is 1.52 bits per heavy atom. The predicted octanol–water partition coefficient (Wildman–Crippen LogP) is 2.48. The van der Waals surface area contributed by atoms with Gasteiger partial charge in [-0.2, -0.15) is 0 Å². The normalized spacial score (nSPS) is 22.0. The molecule has 0 aliphatic carbocycles. The topological polar surface area (TPSA) is 518 Å². The van der Waals surface area contributed by atoms with E-state index < -0.39 is 205 Å². The maximum atomic E-state index is 15.4. The Morgan fingerprint density at radius 2 is 0.984 bits per heavy atom. The molecule has 1 aromatic heterocycles. The van der Waals surface area contributed by atoms with Gasteiger partial charge in [0.1, 0.15) is 78.0 Å². The number of carboxylic acid groups (broad SMARTS) is 1. The van der Waals surface area contributed by atoms with Crippen LogP contribution < -0.4 is 64.2 Å². The Labute approximate surface area is 747 Å². The zero-order valence-electron chi connectivity index (χ0n) is 73.3. The smallest absolute Gasteiger partial charge is 0.305 e. The van der Waals surface area contributed by atoms with E-state index in [9.17, 15) is 63.3 Å². The number of hydrogen-bond acceptors (Lipinski definition) is 19. The maximum absolute atomic E-state index is 15.4. The summed E-state index contributed by atoms with van der Waals surface area (Å²) in [6.07, 6.45) is 6.19. The summed E-state index contributed by atoms with van der Waals surface area (Å²) in [6, 6.07) is 18.3. The number of nitrogens with two attached hydrogens (primary N) is 1. The molecule has 6 aromatic rings. The Balaban J connectivity index is 1.33. The van der Waals surface area contributed by atoms with Gasteiger partial charge in [0.05, 0.1) is 31.8 Å². The molecule has 1 saturated heterocycles. The Kier molecular flexibility index (Phi) is 40.0. The minimum Gasteiger partial charge on any atom is -0.508 e. The number of aromatic nitrogens is 1. The highest BCUT2D eigenvalue weighted by Gasteiger charge is 2.40. The van der Waals surface area contributed by atoms with Crippen LogP contribution in [0, 0.1) is 11.8 Å². The van der Waals surface area contributed by atoms with Crippen LogP contribution in [0.15, 0.2) is 176 Å². The van der Waals surface area contributed by atoms with Crippen LogP contribution in [-0.2, 0) is 109 Å². The highest BCUT2D eigenvalue weighted by Crippen LogP contribution is 2.23. The van der Waals surface area contributed by atoms with Gasteiger partial charge in [-0.25, -0.2) is 0 Å². The van der Waals surface area contributed by atoms with Gasteiger partial charge in [0, 0.05) is 82.5 Å². The van der Waals surface area contributed by atoms with Crippen LogP contribution in [0.25, 0.3) is 10.9 Å². The third-order valence-electron chi connectivity index (χ3n) is 21.1. The third-order valence-corrected chi connectivity index (χ3v) is 22.1. The molecule has 0 radical (unpaired) electrons. The molecule has 1 aliphatic heterocycles.